The van der Waals surface area contributed by atoms with Crippen molar-refractivity contribution >= 4 is 29.3 Å². The predicted molar refractivity (Wildman–Crippen MR) is 80.1 cm³/mol. The first-order chi connectivity index (χ1) is 10.2. The summed E-state index contributed by atoms with van der Waals surface area (Å²) < 4.78 is 5.40. The lowest BCUT2D eigenvalue weighted by Gasteiger charge is -2.35. The lowest BCUT2D eigenvalue weighted by atomic mass is 10.2. The highest BCUT2D eigenvalue weighted by Gasteiger charge is 2.31. The van der Waals surface area contributed by atoms with Crippen LogP contribution in [0, 0.1) is 0 Å². The number of rotatable bonds is 5. The molecule has 116 valence electrons. The number of hydrazine groups is 1. The molecule has 0 saturated carbocycles. The van der Waals surface area contributed by atoms with Gasteiger partial charge in [0.15, 0.2) is 5.82 Å². The van der Waals surface area contributed by atoms with E-state index in [0.717, 1.165) is 6.42 Å². The van der Waals surface area contributed by atoms with Crippen molar-refractivity contribution in [1.29, 1.82) is 0 Å². The quantitative estimate of drug-likeness (QED) is 0.524. The Morgan fingerprint density at radius 3 is 3.19 bits per heavy atom. The number of nitrogens with zero attached hydrogens (tertiary/aromatic N) is 3. The van der Waals surface area contributed by atoms with Gasteiger partial charge in [-0.15, -0.1) is 0 Å². The molecule has 8 nitrogen and oxygen atoms in total. The van der Waals surface area contributed by atoms with Gasteiger partial charge in [0.25, 0.3) is 0 Å². The van der Waals surface area contributed by atoms with Crippen molar-refractivity contribution in [2.75, 3.05) is 36.6 Å². The normalized spacial score (nSPS) is 18.4. The van der Waals surface area contributed by atoms with E-state index in [0.29, 0.717) is 37.1 Å². The van der Waals surface area contributed by atoms with Gasteiger partial charge >= 0.3 is 0 Å². The average Bonchev–Trinajstić information content (AvgIpc) is 2.53. The maximum atomic E-state index is 12.2. The summed E-state index contributed by atoms with van der Waals surface area (Å²) in [6, 6.07) is -0.469. The molecule has 1 atom stereocenters. The first-order valence-electron chi connectivity index (χ1n) is 6.78. The Hall–Kier alpha value is -1.64. The molecular formula is C12H19ClN6O2. The smallest absolute Gasteiger partial charge is 0.245 e. The summed E-state index contributed by atoms with van der Waals surface area (Å²) in [6.07, 6.45) is 2.32. The Bertz CT molecular complexity index is 501. The number of hydrogen-bond acceptors (Lipinski definition) is 7. The minimum atomic E-state index is -0.469. The molecule has 1 aliphatic rings. The summed E-state index contributed by atoms with van der Waals surface area (Å²) in [5, 5.41) is 3.23. The molecular weight excluding hydrogens is 296 g/mol. The maximum absolute atomic E-state index is 12.2. The number of morpholine rings is 1. The molecule has 1 saturated heterocycles. The highest BCUT2D eigenvalue weighted by Crippen LogP contribution is 2.26. The van der Waals surface area contributed by atoms with E-state index in [-0.39, 0.29) is 11.9 Å². The molecule has 1 unspecified atom stereocenters. The van der Waals surface area contributed by atoms with Crippen LogP contribution in [0.25, 0.3) is 0 Å². The van der Waals surface area contributed by atoms with E-state index >= 15 is 0 Å². The van der Waals surface area contributed by atoms with Gasteiger partial charge in [-0.1, -0.05) is 18.5 Å². The van der Waals surface area contributed by atoms with Gasteiger partial charge < -0.3 is 15.0 Å². The average molecular weight is 315 g/mol. The van der Waals surface area contributed by atoms with Gasteiger partial charge in [-0.25, -0.2) is 10.8 Å². The Labute approximate surface area is 128 Å². The van der Waals surface area contributed by atoms with Gasteiger partial charge in [-0.05, 0) is 6.42 Å². The van der Waals surface area contributed by atoms with Crippen molar-refractivity contribution in [3.05, 3.63) is 11.2 Å². The van der Waals surface area contributed by atoms with Crippen molar-refractivity contribution in [3.63, 3.8) is 0 Å². The van der Waals surface area contributed by atoms with Crippen LogP contribution in [0.2, 0.25) is 5.02 Å². The first kappa shape index (κ1) is 15.7. The van der Waals surface area contributed by atoms with Gasteiger partial charge in [0.05, 0.1) is 19.4 Å². The van der Waals surface area contributed by atoms with Crippen LogP contribution >= 0.6 is 11.6 Å². The number of hydrogen-bond donors (Lipinski definition) is 3. The van der Waals surface area contributed by atoms with Crippen LogP contribution in [0.15, 0.2) is 6.20 Å². The van der Waals surface area contributed by atoms with E-state index in [1.54, 1.807) is 0 Å². The fraction of sp³-hybridized carbons (Fsp3) is 0.583. The fourth-order valence-corrected chi connectivity index (χ4v) is 2.27. The van der Waals surface area contributed by atoms with Crippen LogP contribution in [0.3, 0.4) is 0 Å². The molecule has 1 aromatic rings. The molecule has 4 N–H and O–H groups in total. The van der Waals surface area contributed by atoms with E-state index in [1.165, 1.54) is 6.20 Å². The third-order valence-electron chi connectivity index (χ3n) is 3.11. The third kappa shape index (κ3) is 3.72. The monoisotopic (exact) mass is 314 g/mol. The number of aromatic nitrogens is 2. The van der Waals surface area contributed by atoms with Crippen LogP contribution in [0.4, 0.5) is 11.8 Å². The summed E-state index contributed by atoms with van der Waals surface area (Å²) in [6.45, 7) is 3.93. The molecule has 0 bridgehead atoms. The highest BCUT2D eigenvalue weighted by molar-refractivity contribution is 6.32. The van der Waals surface area contributed by atoms with Crippen molar-refractivity contribution in [1.82, 2.24) is 15.3 Å². The maximum Gasteiger partial charge on any atom is 0.245 e. The van der Waals surface area contributed by atoms with Crippen LogP contribution in [0.1, 0.15) is 13.3 Å². The van der Waals surface area contributed by atoms with Crippen molar-refractivity contribution in [2.24, 2.45) is 5.84 Å². The number of nitrogens with one attached hydrogen (secondary N) is 2. The topological polar surface area (TPSA) is 105 Å². The second kappa shape index (κ2) is 7.39. The Morgan fingerprint density at radius 1 is 1.67 bits per heavy atom. The van der Waals surface area contributed by atoms with E-state index < -0.39 is 6.04 Å². The lowest BCUT2D eigenvalue weighted by Crippen LogP contribution is -2.54. The standard InChI is InChI=1S/C12H19ClN6O2/c1-2-3-15-11(20)9-7-21-5-4-19(9)10-8(13)6-16-12(17-10)18-14/h6,9H,2-5,7,14H2,1H3,(H,15,20)(H,16,17,18). The molecule has 1 amide bonds. The Morgan fingerprint density at radius 2 is 2.48 bits per heavy atom. The van der Waals surface area contributed by atoms with Gasteiger partial charge in [0.1, 0.15) is 11.1 Å². The Balaban J connectivity index is 2.23. The summed E-state index contributed by atoms with van der Waals surface area (Å²) in [5.41, 5.74) is 2.37. The number of carbonyl (C=O) groups excluding carboxylic acids is 1. The molecule has 21 heavy (non-hydrogen) atoms. The van der Waals surface area contributed by atoms with Crippen LogP contribution in [0.5, 0.6) is 0 Å². The van der Waals surface area contributed by atoms with Crippen LogP contribution < -0.4 is 21.5 Å². The number of halogens is 1. The number of nitrogen functional groups attached to an aromatic ring is 1. The molecule has 0 spiro atoms. The van der Waals surface area contributed by atoms with Gasteiger partial charge in [-0.2, -0.15) is 4.98 Å². The summed E-state index contributed by atoms with van der Waals surface area (Å²) in [7, 11) is 0. The zero-order chi connectivity index (χ0) is 15.2. The molecule has 0 aliphatic carbocycles. The van der Waals surface area contributed by atoms with Crippen molar-refractivity contribution in [3.8, 4) is 0 Å². The van der Waals surface area contributed by atoms with Crippen LogP contribution in [-0.4, -0.2) is 48.2 Å². The summed E-state index contributed by atoms with van der Waals surface area (Å²) in [4.78, 5) is 22.2. The molecule has 9 heteroatoms. The minimum absolute atomic E-state index is 0.103. The number of carbonyl (C=O) groups is 1. The zero-order valence-corrected chi connectivity index (χ0v) is 12.6. The predicted octanol–water partition coefficient (Wildman–Crippen LogP) is 0.147. The third-order valence-corrected chi connectivity index (χ3v) is 3.37. The Kier molecular flexibility index (Phi) is 5.54. The number of amides is 1. The number of ether oxygens (including phenoxy) is 1. The van der Waals surface area contributed by atoms with Crippen molar-refractivity contribution in [2.45, 2.75) is 19.4 Å². The second-order valence-corrected chi connectivity index (χ2v) is 4.99. The lowest BCUT2D eigenvalue weighted by molar-refractivity contribution is -0.124. The fourth-order valence-electron chi connectivity index (χ4n) is 2.07. The summed E-state index contributed by atoms with van der Waals surface area (Å²) >= 11 is 6.15. The van der Waals surface area contributed by atoms with E-state index in [2.05, 4.69) is 20.7 Å². The molecule has 0 aromatic carbocycles. The molecule has 1 fully saturated rings. The van der Waals surface area contributed by atoms with Crippen LogP contribution in [-0.2, 0) is 9.53 Å². The number of nitrogens with two attached hydrogens (primary N) is 1. The van der Waals surface area contributed by atoms with Gasteiger partial charge in [0, 0.05) is 13.1 Å². The second-order valence-electron chi connectivity index (χ2n) is 4.58. The number of anilines is 2. The van der Waals surface area contributed by atoms with E-state index in [1.807, 2.05) is 11.8 Å². The summed E-state index contributed by atoms with van der Waals surface area (Å²) in [5.74, 6) is 5.93. The SMILES string of the molecule is CCCNC(=O)C1COCCN1c1nc(NN)ncc1Cl. The van der Waals surface area contributed by atoms with Gasteiger partial charge in [0.2, 0.25) is 11.9 Å². The van der Waals surface area contributed by atoms with E-state index in [9.17, 15) is 4.79 Å². The first-order valence-corrected chi connectivity index (χ1v) is 7.16. The van der Waals surface area contributed by atoms with Crippen molar-refractivity contribution < 1.29 is 9.53 Å². The molecule has 0 radical (unpaired) electrons. The molecule has 1 aromatic heterocycles. The zero-order valence-electron chi connectivity index (χ0n) is 11.8. The highest BCUT2D eigenvalue weighted by atomic mass is 35.5. The van der Waals surface area contributed by atoms with E-state index in [4.69, 9.17) is 22.2 Å². The van der Waals surface area contributed by atoms with Gasteiger partial charge in [-0.3, -0.25) is 10.2 Å². The largest absolute Gasteiger partial charge is 0.377 e. The molecule has 2 heterocycles. The molecule has 2 rings (SSSR count). The minimum Gasteiger partial charge on any atom is -0.377 e. The molecule has 1 aliphatic heterocycles.